The molecular weight excluding hydrogens is 269 g/mol. The van der Waals surface area contributed by atoms with Gasteiger partial charge in [0.05, 0.1) is 5.25 Å². The highest BCUT2D eigenvalue weighted by Crippen LogP contribution is 2.22. The second-order valence-corrected chi connectivity index (χ2v) is 5.86. The van der Waals surface area contributed by atoms with Crippen LogP contribution in [0.3, 0.4) is 0 Å². The Morgan fingerprint density at radius 1 is 1.22 bits per heavy atom. The maximum atomic E-state index is 13.3. The van der Waals surface area contributed by atoms with E-state index in [4.69, 9.17) is 0 Å². The van der Waals surface area contributed by atoms with E-state index in [1.54, 1.807) is 11.8 Å². The van der Waals surface area contributed by atoms with E-state index in [9.17, 15) is 21.6 Å². The van der Waals surface area contributed by atoms with Crippen molar-refractivity contribution < 1.29 is 21.6 Å². The molecule has 0 bridgehead atoms. The van der Waals surface area contributed by atoms with Gasteiger partial charge in [-0.2, -0.15) is 0 Å². The second kappa shape index (κ2) is 5.57. The van der Waals surface area contributed by atoms with Crippen LogP contribution in [0, 0.1) is 17.5 Å². The lowest BCUT2D eigenvalue weighted by atomic mass is 10.3. The quantitative estimate of drug-likeness (QED) is 0.859. The van der Waals surface area contributed by atoms with Crippen molar-refractivity contribution in [3.05, 3.63) is 29.6 Å². The molecule has 4 nitrogen and oxygen atoms in total. The Balaban J connectivity index is 3.05. The highest BCUT2D eigenvalue weighted by Gasteiger charge is 2.23. The van der Waals surface area contributed by atoms with Crippen LogP contribution in [0.5, 0.6) is 0 Å². The molecule has 1 rings (SSSR count). The summed E-state index contributed by atoms with van der Waals surface area (Å²) in [5, 5.41) is 1.73. The van der Waals surface area contributed by atoms with Crippen molar-refractivity contribution in [3.63, 3.8) is 0 Å². The smallest absolute Gasteiger partial charge is 0.236 e. The van der Waals surface area contributed by atoms with Crippen molar-refractivity contribution in [2.24, 2.45) is 0 Å². The van der Waals surface area contributed by atoms with Crippen molar-refractivity contribution in [1.82, 2.24) is 5.32 Å². The Labute approximate surface area is 103 Å². The molecular formula is C10H13F3N2O2S. The maximum Gasteiger partial charge on any atom is 0.236 e. The molecule has 0 saturated heterocycles. The monoisotopic (exact) mass is 282 g/mol. The minimum atomic E-state index is -3.95. The maximum absolute atomic E-state index is 13.3. The zero-order valence-electron chi connectivity index (χ0n) is 9.80. The summed E-state index contributed by atoms with van der Waals surface area (Å²) in [6, 6.07) is 0.813. The van der Waals surface area contributed by atoms with Crippen molar-refractivity contribution in [2.45, 2.75) is 12.2 Å². The van der Waals surface area contributed by atoms with E-state index < -0.39 is 38.4 Å². The molecule has 8 heteroatoms. The molecule has 0 spiro atoms. The molecule has 0 saturated carbocycles. The zero-order valence-corrected chi connectivity index (χ0v) is 10.6. The Bertz CT molecular complexity index is 511. The number of hydrogen-bond donors (Lipinski definition) is 2. The molecule has 0 fully saturated rings. The molecule has 1 aromatic carbocycles. The Morgan fingerprint density at radius 2 is 1.72 bits per heavy atom. The normalized spacial score (nSPS) is 13.4. The molecule has 1 unspecified atom stereocenters. The van der Waals surface area contributed by atoms with Crippen LogP contribution in [0.1, 0.15) is 6.92 Å². The van der Waals surface area contributed by atoms with Crippen molar-refractivity contribution in [2.75, 3.05) is 18.3 Å². The van der Waals surface area contributed by atoms with Gasteiger partial charge < -0.3 is 5.32 Å². The predicted molar refractivity (Wildman–Crippen MR) is 62.2 cm³/mol. The summed E-state index contributed by atoms with van der Waals surface area (Å²) >= 11 is 0. The molecule has 0 radical (unpaired) electrons. The third kappa shape index (κ3) is 3.36. The van der Waals surface area contributed by atoms with Crippen LogP contribution in [0.2, 0.25) is 0 Å². The number of benzene rings is 1. The summed E-state index contributed by atoms with van der Waals surface area (Å²) in [5.74, 6) is -3.71. The predicted octanol–water partition coefficient (Wildman–Crippen LogP) is 1.45. The van der Waals surface area contributed by atoms with Gasteiger partial charge in [-0.3, -0.25) is 4.72 Å². The minimum absolute atomic E-state index is 0.111. The summed E-state index contributed by atoms with van der Waals surface area (Å²) in [6.45, 7) is 1.48. The minimum Gasteiger partial charge on any atom is -0.318 e. The fourth-order valence-electron chi connectivity index (χ4n) is 1.28. The second-order valence-electron chi connectivity index (χ2n) is 3.76. The molecule has 1 atom stereocenters. The first-order valence-electron chi connectivity index (χ1n) is 5.08. The van der Waals surface area contributed by atoms with Gasteiger partial charge in [0.25, 0.3) is 0 Å². The molecule has 0 heterocycles. The van der Waals surface area contributed by atoms with Crippen LogP contribution in [0.4, 0.5) is 18.9 Å². The fourth-order valence-corrected chi connectivity index (χ4v) is 2.35. The van der Waals surface area contributed by atoms with Crippen molar-refractivity contribution in [1.29, 1.82) is 0 Å². The van der Waals surface area contributed by atoms with Crippen molar-refractivity contribution in [3.8, 4) is 0 Å². The molecule has 0 amide bonds. The van der Waals surface area contributed by atoms with Gasteiger partial charge in [0.1, 0.15) is 11.5 Å². The molecule has 2 N–H and O–H groups in total. The Hall–Kier alpha value is -1.28. The van der Waals surface area contributed by atoms with Crippen molar-refractivity contribution >= 4 is 15.7 Å². The van der Waals surface area contributed by atoms with E-state index in [-0.39, 0.29) is 6.54 Å². The van der Waals surface area contributed by atoms with Gasteiger partial charge >= 0.3 is 0 Å². The molecule has 0 aliphatic heterocycles. The first-order chi connectivity index (χ1) is 8.27. The average Bonchev–Trinajstić information content (AvgIpc) is 2.23. The lowest BCUT2D eigenvalue weighted by Crippen LogP contribution is -2.33. The molecule has 18 heavy (non-hydrogen) atoms. The van der Waals surface area contributed by atoms with Crippen LogP contribution >= 0.6 is 0 Å². The van der Waals surface area contributed by atoms with Gasteiger partial charge in [-0.05, 0) is 14.0 Å². The van der Waals surface area contributed by atoms with Gasteiger partial charge in [0.15, 0.2) is 11.6 Å². The summed E-state index contributed by atoms with van der Waals surface area (Å²) < 4.78 is 64.4. The summed E-state index contributed by atoms with van der Waals surface area (Å²) in [6.07, 6.45) is 0. The van der Waals surface area contributed by atoms with Crippen LogP contribution in [-0.4, -0.2) is 27.3 Å². The van der Waals surface area contributed by atoms with Gasteiger partial charge in [-0.25, -0.2) is 21.6 Å². The largest absolute Gasteiger partial charge is 0.318 e. The van der Waals surface area contributed by atoms with E-state index in [2.05, 4.69) is 5.32 Å². The number of rotatable bonds is 5. The van der Waals surface area contributed by atoms with E-state index in [0.717, 1.165) is 0 Å². The van der Waals surface area contributed by atoms with Gasteiger partial charge in [0, 0.05) is 18.7 Å². The lowest BCUT2D eigenvalue weighted by molar-refractivity contribution is 0.546. The van der Waals surface area contributed by atoms with E-state index in [0.29, 0.717) is 12.1 Å². The average molecular weight is 282 g/mol. The van der Waals surface area contributed by atoms with Gasteiger partial charge in [0.2, 0.25) is 10.0 Å². The number of hydrogen-bond acceptors (Lipinski definition) is 3. The first-order valence-corrected chi connectivity index (χ1v) is 6.63. The standard InChI is InChI=1S/C10H13F3N2O2S/c1-6(5-14-2)18(16,17)15-10-8(12)3-7(11)4-9(10)13/h3-4,6,14-15H,5H2,1-2H3. The van der Waals surface area contributed by atoms with E-state index >= 15 is 0 Å². The highest BCUT2D eigenvalue weighted by atomic mass is 32.2. The summed E-state index contributed by atoms with van der Waals surface area (Å²) in [4.78, 5) is 0. The molecule has 0 aromatic heterocycles. The highest BCUT2D eigenvalue weighted by molar-refractivity contribution is 7.93. The summed E-state index contributed by atoms with van der Waals surface area (Å²) in [5.41, 5.74) is -0.876. The van der Waals surface area contributed by atoms with Crippen LogP contribution in [0.15, 0.2) is 12.1 Å². The topological polar surface area (TPSA) is 58.2 Å². The Morgan fingerprint density at radius 3 is 2.17 bits per heavy atom. The number of nitrogens with one attached hydrogen (secondary N) is 2. The zero-order chi connectivity index (χ0) is 13.9. The SMILES string of the molecule is CNCC(C)S(=O)(=O)Nc1c(F)cc(F)cc1F. The third-order valence-corrected chi connectivity index (χ3v) is 3.99. The van der Waals surface area contributed by atoms with Gasteiger partial charge in [-0.15, -0.1) is 0 Å². The lowest BCUT2D eigenvalue weighted by Gasteiger charge is -2.15. The number of anilines is 1. The fraction of sp³-hybridized carbons (Fsp3) is 0.400. The molecule has 0 aliphatic rings. The molecule has 0 aliphatic carbocycles. The molecule has 102 valence electrons. The van der Waals surface area contributed by atoms with Gasteiger partial charge in [-0.1, -0.05) is 0 Å². The third-order valence-electron chi connectivity index (χ3n) is 2.27. The Kier molecular flexibility index (Phi) is 4.58. The van der Waals surface area contributed by atoms with Crippen LogP contribution in [-0.2, 0) is 10.0 Å². The van der Waals surface area contributed by atoms with Crippen LogP contribution in [0.25, 0.3) is 0 Å². The summed E-state index contributed by atoms with van der Waals surface area (Å²) in [7, 11) is -2.40. The van der Waals surface area contributed by atoms with E-state index in [1.165, 1.54) is 6.92 Å². The van der Waals surface area contributed by atoms with E-state index in [1.807, 2.05) is 0 Å². The van der Waals surface area contributed by atoms with Crippen LogP contribution < -0.4 is 10.0 Å². The number of halogens is 3. The number of sulfonamides is 1. The molecule has 1 aromatic rings. The first kappa shape index (κ1) is 14.8.